The van der Waals surface area contributed by atoms with Crippen LogP contribution in [0.25, 0.3) is 0 Å². The van der Waals surface area contributed by atoms with Crippen molar-refractivity contribution in [1.82, 2.24) is 0 Å². The molecule has 0 saturated carbocycles. The fourth-order valence-electron chi connectivity index (χ4n) is 1.64. The highest BCUT2D eigenvalue weighted by molar-refractivity contribution is 5.76. The molecule has 4 heteroatoms. The SMILES string of the molecule is Cc1ccc(C=O)cc1Oc1cccc(C(F)F)c1. The summed E-state index contributed by atoms with van der Waals surface area (Å²) in [5.74, 6) is 0.806. The molecule has 2 rings (SSSR count). The Morgan fingerprint density at radius 3 is 2.63 bits per heavy atom. The van der Waals surface area contributed by atoms with Crippen LogP contribution in [0.5, 0.6) is 11.5 Å². The third kappa shape index (κ3) is 3.16. The third-order valence-corrected chi connectivity index (χ3v) is 2.69. The van der Waals surface area contributed by atoms with Crippen LogP contribution in [0.15, 0.2) is 42.5 Å². The van der Waals surface area contributed by atoms with E-state index < -0.39 is 6.43 Å². The second-order valence-electron chi connectivity index (χ2n) is 4.12. The average Bonchev–Trinajstić information content (AvgIpc) is 2.41. The molecule has 0 saturated heterocycles. The van der Waals surface area contributed by atoms with Gasteiger partial charge in [0.1, 0.15) is 17.8 Å². The quantitative estimate of drug-likeness (QED) is 0.756. The van der Waals surface area contributed by atoms with Gasteiger partial charge in [0.05, 0.1) is 0 Å². The van der Waals surface area contributed by atoms with Crippen LogP contribution in [0, 0.1) is 6.92 Å². The van der Waals surface area contributed by atoms with Crippen molar-refractivity contribution in [3.8, 4) is 11.5 Å². The van der Waals surface area contributed by atoms with Crippen molar-refractivity contribution in [3.63, 3.8) is 0 Å². The van der Waals surface area contributed by atoms with Crippen molar-refractivity contribution in [2.24, 2.45) is 0 Å². The fraction of sp³-hybridized carbons (Fsp3) is 0.133. The van der Waals surface area contributed by atoms with Crippen LogP contribution in [-0.4, -0.2) is 6.29 Å². The number of halogens is 2. The molecule has 19 heavy (non-hydrogen) atoms. The second kappa shape index (κ2) is 5.61. The van der Waals surface area contributed by atoms with Crippen molar-refractivity contribution in [1.29, 1.82) is 0 Å². The molecule has 0 amide bonds. The van der Waals surface area contributed by atoms with Gasteiger partial charge in [-0.15, -0.1) is 0 Å². The number of rotatable bonds is 4. The highest BCUT2D eigenvalue weighted by Gasteiger charge is 2.09. The molecule has 0 aromatic heterocycles. The van der Waals surface area contributed by atoms with Gasteiger partial charge in [-0.05, 0) is 30.7 Å². The third-order valence-electron chi connectivity index (χ3n) is 2.69. The number of ether oxygens (including phenoxy) is 1. The lowest BCUT2D eigenvalue weighted by molar-refractivity contribution is 0.112. The van der Waals surface area contributed by atoms with Gasteiger partial charge in [0.25, 0.3) is 6.43 Å². The lowest BCUT2D eigenvalue weighted by Gasteiger charge is -2.10. The summed E-state index contributed by atoms with van der Waals surface area (Å²) in [7, 11) is 0. The van der Waals surface area contributed by atoms with Crippen molar-refractivity contribution in [2.75, 3.05) is 0 Å². The van der Waals surface area contributed by atoms with Gasteiger partial charge < -0.3 is 4.74 Å². The van der Waals surface area contributed by atoms with Crippen LogP contribution in [0.3, 0.4) is 0 Å². The van der Waals surface area contributed by atoms with Gasteiger partial charge in [-0.1, -0.05) is 24.3 Å². The first-order valence-electron chi connectivity index (χ1n) is 5.72. The zero-order valence-corrected chi connectivity index (χ0v) is 10.3. The Kier molecular flexibility index (Phi) is 3.90. The molecule has 0 aliphatic carbocycles. The molecule has 0 unspecified atom stereocenters. The van der Waals surface area contributed by atoms with E-state index in [1.807, 2.05) is 6.92 Å². The van der Waals surface area contributed by atoms with Crippen LogP contribution < -0.4 is 4.74 Å². The molecular formula is C15H12F2O2. The van der Waals surface area contributed by atoms with Gasteiger partial charge in [0.2, 0.25) is 0 Å². The van der Waals surface area contributed by atoms with Crippen molar-refractivity contribution in [3.05, 3.63) is 59.2 Å². The van der Waals surface area contributed by atoms with Crippen molar-refractivity contribution >= 4 is 6.29 Å². The number of benzene rings is 2. The van der Waals surface area contributed by atoms with Crippen molar-refractivity contribution < 1.29 is 18.3 Å². The molecule has 2 aromatic carbocycles. The second-order valence-corrected chi connectivity index (χ2v) is 4.12. The van der Waals surface area contributed by atoms with Gasteiger partial charge in [0, 0.05) is 11.1 Å². The van der Waals surface area contributed by atoms with E-state index in [4.69, 9.17) is 4.74 Å². The van der Waals surface area contributed by atoms with E-state index in [-0.39, 0.29) is 5.56 Å². The Labute approximate surface area is 109 Å². The number of aryl methyl sites for hydroxylation is 1. The van der Waals surface area contributed by atoms with Gasteiger partial charge in [-0.25, -0.2) is 8.78 Å². The number of carbonyl (C=O) groups is 1. The van der Waals surface area contributed by atoms with E-state index in [2.05, 4.69) is 0 Å². The highest BCUT2D eigenvalue weighted by Crippen LogP contribution is 2.28. The summed E-state index contributed by atoms with van der Waals surface area (Å²) in [6.07, 6.45) is -1.83. The standard InChI is InChI=1S/C15H12F2O2/c1-10-5-6-11(9-18)7-14(10)19-13-4-2-3-12(8-13)15(16)17/h2-9,15H,1H3. The van der Waals surface area contributed by atoms with Gasteiger partial charge in [-0.2, -0.15) is 0 Å². The van der Waals surface area contributed by atoms with Gasteiger partial charge in [0.15, 0.2) is 0 Å². The molecule has 98 valence electrons. The monoisotopic (exact) mass is 262 g/mol. The molecule has 0 bridgehead atoms. The Morgan fingerprint density at radius 2 is 1.95 bits per heavy atom. The topological polar surface area (TPSA) is 26.3 Å². The fourth-order valence-corrected chi connectivity index (χ4v) is 1.64. The lowest BCUT2D eigenvalue weighted by Crippen LogP contribution is -1.91. The molecule has 0 radical (unpaired) electrons. The number of hydrogen-bond acceptors (Lipinski definition) is 2. The van der Waals surface area contributed by atoms with E-state index in [1.54, 1.807) is 24.3 Å². The maximum Gasteiger partial charge on any atom is 0.263 e. The largest absolute Gasteiger partial charge is 0.457 e. The first kappa shape index (κ1) is 13.2. The minimum Gasteiger partial charge on any atom is -0.457 e. The molecule has 0 atom stereocenters. The molecule has 2 nitrogen and oxygen atoms in total. The summed E-state index contributed by atoms with van der Waals surface area (Å²) in [5, 5.41) is 0. The van der Waals surface area contributed by atoms with Gasteiger partial charge in [-0.3, -0.25) is 4.79 Å². The van der Waals surface area contributed by atoms with Crippen LogP contribution >= 0.6 is 0 Å². The smallest absolute Gasteiger partial charge is 0.263 e. The first-order chi connectivity index (χ1) is 9.10. The average molecular weight is 262 g/mol. The Morgan fingerprint density at radius 1 is 1.16 bits per heavy atom. The van der Waals surface area contributed by atoms with E-state index in [0.717, 1.165) is 5.56 Å². The zero-order chi connectivity index (χ0) is 13.8. The molecule has 0 spiro atoms. The lowest BCUT2D eigenvalue weighted by atomic mass is 10.1. The molecule has 0 N–H and O–H groups in total. The van der Waals surface area contributed by atoms with E-state index in [9.17, 15) is 13.6 Å². The first-order valence-corrected chi connectivity index (χ1v) is 5.72. The molecule has 0 fully saturated rings. The minimum atomic E-state index is -2.54. The van der Waals surface area contributed by atoms with E-state index in [0.29, 0.717) is 23.3 Å². The highest BCUT2D eigenvalue weighted by atomic mass is 19.3. The molecule has 0 aliphatic rings. The Bertz CT molecular complexity index is 594. The maximum absolute atomic E-state index is 12.6. The number of hydrogen-bond donors (Lipinski definition) is 0. The maximum atomic E-state index is 12.6. The number of alkyl halides is 2. The Balaban J connectivity index is 2.30. The molecular weight excluding hydrogens is 250 g/mol. The molecule has 0 aliphatic heterocycles. The summed E-state index contributed by atoms with van der Waals surface area (Å²) in [6.45, 7) is 1.82. The van der Waals surface area contributed by atoms with Crippen molar-refractivity contribution in [2.45, 2.75) is 13.3 Å². The summed E-state index contributed by atoms with van der Waals surface area (Å²) < 4.78 is 30.7. The van der Waals surface area contributed by atoms with Gasteiger partial charge >= 0.3 is 0 Å². The predicted octanol–water partition coefficient (Wildman–Crippen LogP) is 4.54. The Hall–Kier alpha value is -2.23. The zero-order valence-electron chi connectivity index (χ0n) is 10.3. The van der Waals surface area contributed by atoms with Crippen LogP contribution in [-0.2, 0) is 0 Å². The van der Waals surface area contributed by atoms with E-state index in [1.165, 1.54) is 18.2 Å². The minimum absolute atomic E-state index is 0.0957. The number of carbonyl (C=O) groups excluding carboxylic acids is 1. The van der Waals surface area contributed by atoms with Crippen LogP contribution in [0.2, 0.25) is 0 Å². The summed E-state index contributed by atoms with van der Waals surface area (Å²) in [5.41, 5.74) is 1.21. The molecule has 0 heterocycles. The molecule has 2 aromatic rings. The normalized spacial score (nSPS) is 10.5. The summed E-state index contributed by atoms with van der Waals surface area (Å²) in [4.78, 5) is 10.7. The van der Waals surface area contributed by atoms with E-state index >= 15 is 0 Å². The summed E-state index contributed by atoms with van der Waals surface area (Å²) >= 11 is 0. The predicted molar refractivity (Wildman–Crippen MR) is 68.0 cm³/mol. The number of aldehydes is 1. The van der Waals surface area contributed by atoms with Crippen LogP contribution in [0.4, 0.5) is 8.78 Å². The summed E-state index contributed by atoms with van der Waals surface area (Å²) in [6, 6.07) is 10.7. The van der Waals surface area contributed by atoms with Crippen LogP contribution in [0.1, 0.15) is 27.9 Å².